The first-order valence-corrected chi connectivity index (χ1v) is 6.33. The summed E-state index contributed by atoms with van der Waals surface area (Å²) in [7, 11) is 3.15. The molecular weight excluding hydrogens is 262 g/mol. The molecule has 2 rings (SSSR count). The lowest BCUT2D eigenvalue weighted by molar-refractivity contribution is -0.151. The summed E-state index contributed by atoms with van der Waals surface area (Å²) in [6, 6.07) is 7.14. The van der Waals surface area contributed by atoms with Gasteiger partial charge < -0.3 is 19.5 Å². The Hall–Kier alpha value is -2.08. The van der Waals surface area contributed by atoms with E-state index in [0.29, 0.717) is 24.3 Å². The molecule has 6 nitrogen and oxygen atoms in total. The number of carbonyl (C=O) groups excluding carboxylic acids is 1. The summed E-state index contributed by atoms with van der Waals surface area (Å²) in [6.07, 6.45) is -0.845. The highest BCUT2D eigenvalue weighted by Crippen LogP contribution is 2.29. The number of amides is 1. The van der Waals surface area contributed by atoms with E-state index in [9.17, 15) is 9.59 Å². The molecule has 0 spiro atoms. The maximum atomic E-state index is 12.3. The molecule has 108 valence electrons. The molecule has 0 unspecified atom stereocenters. The van der Waals surface area contributed by atoms with E-state index in [4.69, 9.17) is 14.6 Å². The summed E-state index contributed by atoms with van der Waals surface area (Å²) < 4.78 is 10.5. The van der Waals surface area contributed by atoms with Gasteiger partial charge in [0.15, 0.2) is 6.10 Å². The molecule has 1 amide bonds. The van der Waals surface area contributed by atoms with Gasteiger partial charge in [-0.25, -0.2) is 4.79 Å². The smallest absolute Gasteiger partial charge is 0.332 e. The van der Waals surface area contributed by atoms with Crippen LogP contribution in [0.4, 0.5) is 5.69 Å². The van der Waals surface area contributed by atoms with Gasteiger partial charge in [-0.05, 0) is 25.0 Å². The van der Waals surface area contributed by atoms with Crippen molar-refractivity contribution in [2.24, 2.45) is 0 Å². The first kappa shape index (κ1) is 14.3. The van der Waals surface area contributed by atoms with Crippen LogP contribution >= 0.6 is 0 Å². The lowest BCUT2D eigenvalue weighted by Crippen LogP contribution is -2.37. The summed E-state index contributed by atoms with van der Waals surface area (Å²) in [6.45, 7) is 0. The summed E-state index contributed by atoms with van der Waals surface area (Å²) in [5.74, 6) is -0.713. The van der Waals surface area contributed by atoms with Crippen molar-refractivity contribution in [2.75, 3.05) is 19.1 Å². The van der Waals surface area contributed by atoms with Gasteiger partial charge in [-0.3, -0.25) is 4.79 Å². The molecule has 1 heterocycles. The largest absolute Gasteiger partial charge is 0.495 e. The number of methoxy groups -OCH3 is 1. The Morgan fingerprint density at radius 3 is 2.55 bits per heavy atom. The van der Waals surface area contributed by atoms with Crippen molar-refractivity contribution in [2.45, 2.75) is 25.0 Å². The molecule has 1 saturated heterocycles. The highest BCUT2D eigenvalue weighted by molar-refractivity contribution is 5.97. The van der Waals surface area contributed by atoms with E-state index in [1.807, 2.05) is 6.07 Å². The Morgan fingerprint density at radius 1 is 1.30 bits per heavy atom. The predicted octanol–water partition coefficient (Wildman–Crippen LogP) is 1.29. The van der Waals surface area contributed by atoms with Gasteiger partial charge in [0.25, 0.3) is 5.91 Å². The number of anilines is 1. The molecule has 1 fully saturated rings. The predicted molar refractivity (Wildman–Crippen MR) is 71.9 cm³/mol. The fourth-order valence-electron chi connectivity index (χ4n) is 2.24. The van der Waals surface area contributed by atoms with E-state index in [0.717, 1.165) is 0 Å². The monoisotopic (exact) mass is 279 g/mol. The topological polar surface area (TPSA) is 76.1 Å². The minimum absolute atomic E-state index is 0.266. The fourth-order valence-corrected chi connectivity index (χ4v) is 2.24. The van der Waals surface area contributed by atoms with Crippen molar-refractivity contribution >= 4 is 17.6 Å². The van der Waals surface area contributed by atoms with Crippen molar-refractivity contribution in [3.8, 4) is 5.75 Å². The molecule has 2 atom stereocenters. The van der Waals surface area contributed by atoms with Crippen LogP contribution in [0.3, 0.4) is 0 Å². The minimum atomic E-state index is -1.03. The molecule has 0 aromatic heterocycles. The standard InChI is InChI=1S/C14H17NO5/c1-15(9-5-3-4-6-10(9)19-2)13(16)11-7-8-12(20-11)14(17)18/h3-6,11-12H,7-8H2,1-2H3,(H,17,18)/t11-,12+/m0/s1. The summed E-state index contributed by atoms with van der Waals surface area (Å²) in [5.41, 5.74) is 0.627. The van der Waals surface area contributed by atoms with E-state index < -0.39 is 18.2 Å². The molecule has 6 heteroatoms. The van der Waals surface area contributed by atoms with E-state index in [1.165, 1.54) is 12.0 Å². The van der Waals surface area contributed by atoms with Crippen LogP contribution in [-0.2, 0) is 14.3 Å². The Morgan fingerprint density at radius 2 is 1.95 bits per heavy atom. The summed E-state index contributed by atoms with van der Waals surface area (Å²) >= 11 is 0. The zero-order chi connectivity index (χ0) is 14.7. The van der Waals surface area contributed by atoms with Gasteiger partial charge in [0.1, 0.15) is 11.9 Å². The van der Waals surface area contributed by atoms with Gasteiger partial charge in [0.05, 0.1) is 12.8 Å². The quantitative estimate of drug-likeness (QED) is 0.898. The van der Waals surface area contributed by atoms with E-state index in [-0.39, 0.29) is 5.91 Å². The second kappa shape index (κ2) is 5.92. The van der Waals surface area contributed by atoms with E-state index >= 15 is 0 Å². The van der Waals surface area contributed by atoms with Crippen LogP contribution in [0, 0.1) is 0 Å². The van der Waals surface area contributed by atoms with Crippen molar-refractivity contribution in [1.29, 1.82) is 0 Å². The molecule has 1 aliphatic heterocycles. The normalized spacial score (nSPS) is 21.5. The van der Waals surface area contributed by atoms with Gasteiger partial charge in [-0.15, -0.1) is 0 Å². The van der Waals surface area contributed by atoms with Crippen molar-refractivity contribution < 1.29 is 24.2 Å². The SMILES string of the molecule is COc1ccccc1N(C)C(=O)[C@@H]1CC[C@H](C(=O)O)O1. The third kappa shape index (κ3) is 2.75. The maximum Gasteiger partial charge on any atom is 0.332 e. The van der Waals surface area contributed by atoms with Crippen LogP contribution in [0.15, 0.2) is 24.3 Å². The number of rotatable bonds is 4. The number of nitrogens with zero attached hydrogens (tertiary/aromatic N) is 1. The van der Waals surface area contributed by atoms with Gasteiger partial charge in [0.2, 0.25) is 0 Å². The molecule has 0 saturated carbocycles. The van der Waals surface area contributed by atoms with Crippen LogP contribution in [0.2, 0.25) is 0 Å². The number of hydrogen-bond acceptors (Lipinski definition) is 4. The number of carboxylic acids is 1. The lowest BCUT2D eigenvalue weighted by Gasteiger charge is -2.22. The third-order valence-corrected chi connectivity index (χ3v) is 3.35. The Balaban J connectivity index is 2.11. The molecule has 1 aromatic rings. The summed E-state index contributed by atoms with van der Waals surface area (Å²) in [4.78, 5) is 24.6. The molecule has 20 heavy (non-hydrogen) atoms. The lowest BCUT2D eigenvalue weighted by atomic mass is 10.1. The highest BCUT2D eigenvalue weighted by Gasteiger charge is 2.36. The number of hydrogen-bond donors (Lipinski definition) is 1. The second-order valence-corrected chi connectivity index (χ2v) is 4.60. The second-order valence-electron chi connectivity index (χ2n) is 4.60. The highest BCUT2D eigenvalue weighted by atomic mass is 16.5. The third-order valence-electron chi connectivity index (χ3n) is 3.35. The Bertz CT molecular complexity index is 516. The van der Waals surface area contributed by atoms with E-state index in [1.54, 1.807) is 25.2 Å². The average molecular weight is 279 g/mol. The number of likely N-dealkylation sites (N-methyl/N-ethyl adjacent to an activating group) is 1. The zero-order valence-electron chi connectivity index (χ0n) is 11.4. The number of benzene rings is 1. The van der Waals surface area contributed by atoms with Gasteiger partial charge in [-0.2, -0.15) is 0 Å². The van der Waals surface area contributed by atoms with E-state index in [2.05, 4.69) is 0 Å². The van der Waals surface area contributed by atoms with Gasteiger partial charge in [0, 0.05) is 7.05 Å². The van der Waals surface area contributed by atoms with Crippen LogP contribution in [-0.4, -0.2) is 43.3 Å². The first-order valence-electron chi connectivity index (χ1n) is 6.33. The maximum absolute atomic E-state index is 12.3. The van der Waals surface area contributed by atoms with Gasteiger partial charge >= 0.3 is 5.97 Å². The van der Waals surface area contributed by atoms with Crippen LogP contribution < -0.4 is 9.64 Å². The van der Waals surface area contributed by atoms with Gasteiger partial charge in [-0.1, -0.05) is 12.1 Å². The van der Waals surface area contributed by atoms with Crippen molar-refractivity contribution in [1.82, 2.24) is 0 Å². The van der Waals surface area contributed by atoms with Crippen molar-refractivity contribution in [3.63, 3.8) is 0 Å². The molecule has 0 radical (unpaired) electrons. The Labute approximate surface area is 116 Å². The molecule has 0 aliphatic carbocycles. The zero-order valence-corrected chi connectivity index (χ0v) is 11.4. The summed E-state index contributed by atoms with van der Waals surface area (Å²) in [5, 5.41) is 8.88. The first-order chi connectivity index (χ1) is 9.54. The van der Waals surface area contributed by atoms with Crippen molar-refractivity contribution in [3.05, 3.63) is 24.3 Å². The Kier molecular flexibility index (Phi) is 4.24. The number of carboxylic acid groups (broad SMARTS) is 1. The molecule has 0 bridgehead atoms. The van der Waals surface area contributed by atoms with Crippen LogP contribution in [0.25, 0.3) is 0 Å². The minimum Gasteiger partial charge on any atom is -0.495 e. The molecule has 1 aromatic carbocycles. The molecular formula is C14H17NO5. The number of ether oxygens (including phenoxy) is 2. The molecule has 1 N–H and O–H groups in total. The van der Waals surface area contributed by atoms with Crippen LogP contribution in [0.5, 0.6) is 5.75 Å². The average Bonchev–Trinajstić information content (AvgIpc) is 2.95. The molecule has 1 aliphatic rings. The number of carbonyl (C=O) groups is 2. The fraction of sp³-hybridized carbons (Fsp3) is 0.429. The van der Waals surface area contributed by atoms with Crippen LogP contribution in [0.1, 0.15) is 12.8 Å². The number of aliphatic carboxylic acids is 1. The number of para-hydroxylation sites is 2.